The molecular weight excluding hydrogens is 435 g/mol. The maximum Gasteiger partial charge on any atom is 0.213 e. The molecule has 8 heteroatoms. The van der Waals surface area contributed by atoms with Crippen molar-refractivity contribution < 1.29 is 13.9 Å². The molecule has 2 unspecified atom stereocenters. The van der Waals surface area contributed by atoms with Crippen molar-refractivity contribution >= 4 is 29.9 Å². The molecule has 1 aliphatic rings. The van der Waals surface area contributed by atoms with Gasteiger partial charge < -0.3 is 24.5 Å². The van der Waals surface area contributed by atoms with Gasteiger partial charge in [-0.1, -0.05) is 20.8 Å². The molecule has 0 aromatic carbocycles. The van der Waals surface area contributed by atoms with Gasteiger partial charge in [-0.15, -0.1) is 24.0 Å². The molecule has 0 aliphatic carbocycles. The first kappa shape index (κ1) is 22.2. The minimum Gasteiger partial charge on any atom is -0.443 e. The summed E-state index contributed by atoms with van der Waals surface area (Å²) in [4.78, 5) is 8.53. The van der Waals surface area contributed by atoms with Crippen LogP contribution in [0.1, 0.15) is 45.8 Å². The Morgan fingerprint density at radius 1 is 1.48 bits per heavy atom. The van der Waals surface area contributed by atoms with E-state index in [1.807, 2.05) is 0 Å². The maximum atomic E-state index is 5.81. The normalized spacial score (nSPS) is 19.4. The second-order valence-corrected chi connectivity index (χ2v) is 7.16. The van der Waals surface area contributed by atoms with Gasteiger partial charge in [0.05, 0.1) is 32.1 Å². The van der Waals surface area contributed by atoms with Crippen molar-refractivity contribution in [2.24, 2.45) is 4.99 Å². The zero-order valence-corrected chi connectivity index (χ0v) is 18.1. The molecule has 0 bridgehead atoms. The van der Waals surface area contributed by atoms with E-state index in [-0.39, 0.29) is 41.5 Å². The van der Waals surface area contributed by atoms with Gasteiger partial charge in [-0.3, -0.25) is 4.99 Å². The van der Waals surface area contributed by atoms with Gasteiger partial charge in [0.25, 0.3) is 0 Å². The fraction of sp³-hybridized carbons (Fsp3) is 0.765. The highest BCUT2D eigenvalue weighted by molar-refractivity contribution is 14.0. The zero-order valence-electron chi connectivity index (χ0n) is 15.8. The summed E-state index contributed by atoms with van der Waals surface area (Å²) in [5.41, 5.74) is -0.0407. The number of nitrogens with zero attached hydrogens (tertiary/aromatic N) is 2. The Bertz CT molecular complexity index is 536. The fourth-order valence-electron chi connectivity index (χ4n) is 2.29. The average molecular weight is 466 g/mol. The van der Waals surface area contributed by atoms with Crippen LogP contribution in [-0.2, 0) is 21.4 Å². The summed E-state index contributed by atoms with van der Waals surface area (Å²) in [5, 5.41) is 6.51. The lowest BCUT2D eigenvalue weighted by atomic mass is 9.94. The minimum atomic E-state index is -0.0407. The highest BCUT2D eigenvalue weighted by Gasteiger charge is 2.19. The highest BCUT2D eigenvalue weighted by atomic mass is 127. The van der Waals surface area contributed by atoms with E-state index in [2.05, 4.69) is 48.3 Å². The lowest BCUT2D eigenvalue weighted by Crippen LogP contribution is -2.44. The molecule has 1 saturated heterocycles. The summed E-state index contributed by atoms with van der Waals surface area (Å²) in [6.45, 7) is 10.9. The Labute approximate surface area is 167 Å². The predicted molar refractivity (Wildman–Crippen MR) is 109 cm³/mol. The van der Waals surface area contributed by atoms with Gasteiger partial charge in [0.1, 0.15) is 5.76 Å². The zero-order chi connectivity index (χ0) is 17.6. The number of hydrogen-bond acceptors (Lipinski definition) is 5. The van der Waals surface area contributed by atoms with Crippen LogP contribution in [0, 0.1) is 0 Å². The predicted octanol–water partition coefficient (Wildman–Crippen LogP) is 2.45. The van der Waals surface area contributed by atoms with Crippen LogP contribution in [0.15, 0.2) is 15.6 Å². The molecule has 144 valence electrons. The maximum absolute atomic E-state index is 5.81. The van der Waals surface area contributed by atoms with E-state index >= 15 is 0 Å². The van der Waals surface area contributed by atoms with Crippen molar-refractivity contribution in [1.82, 2.24) is 15.6 Å². The van der Waals surface area contributed by atoms with Gasteiger partial charge in [0, 0.05) is 25.1 Å². The standard InChI is InChI=1S/C17H30N4O3.HI/c1-12(10-23-13-6-7-22-11-13)21-16(18-5)20-9-15-19-8-14(24-15)17(2,3)4;/h8,12-13H,6-7,9-11H2,1-5H3,(H2,18,20,21);1H. The molecular formula is C17H31IN4O3. The van der Waals surface area contributed by atoms with Crippen molar-refractivity contribution in [2.75, 3.05) is 26.9 Å². The number of guanidine groups is 1. The molecule has 0 amide bonds. The fourth-order valence-corrected chi connectivity index (χ4v) is 2.29. The van der Waals surface area contributed by atoms with Gasteiger partial charge in [0.15, 0.2) is 5.96 Å². The summed E-state index contributed by atoms with van der Waals surface area (Å²) in [6.07, 6.45) is 2.97. The molecule has 2 heterocycles. The second kappa shape index (κ2) is 10.3. The Hall–Kier alpha value is -0.870. The molecule has 0 saturated carbocycles. The third-order valence-corrected chi connectivity index (χ3v) is 3.78. The third kappa shape index (κ3) is 7.49. The number of aliphatic imine (C=N–C) groups is 1. The summed E-state index contributed by atoms with van der Waals surface area (Å²) in [5.74, 6) is 2.22. The number of aromatic nitrogens is 1. The number of halogens is 1. The Kier molecular flexibility index (Phi) is 9.15. The molecule has 1 fully saturated rings. The Balaban J connectivity index is 0.00000312. The van der Waals surface area contributed by atoms with Crippen LogP contribution in [0.2, 0.25) is 0 Å². The highest BCUT2D eigenvalue weighted by Crippen LogP contribution is 2.22. The summed E-state index contributed by atoms with van der Waals surface area (Å²) >= 11 is 0. The van der Waals surface area contributed by atoms with E-state index < -0.39 is 0 Å². The van der Waals surface area contributed by atoms with Crippen molar-refractivity contribution in [2.45, 2.75) is 58.2 Å². The van der Waals surface area contributed by atoms with Crippen molar-refractivity contribution in [3.05, 3.63) is 17.8 Å². The number of rotatable bonds is 6. The van der Waals surface area contributed by atoms with Gasteiger partial charge in [0.2, 0.25) is 5.89 Å². The van der Waals surface area contributed by atoms with Crippen molar-refractivity contribution in [3.8, 4) is 0 Å². The molecule has 1 aromatic heterocycles. The second-order valence-electron chi connectivity index (χ2n) is 7.16. The number of oxazole rings is 1. The molecule has 0 spiro atoms. The van der Waals surface area contributed by atoms with Gasteiger partial charge in [-0.2, -0.15) is 0 Å². The van der Waals surface area contributed by atoms with Gasteiger partial charge in [-0.05, 0) is 13.3 Å². The molecule has 0 radical (unpaired) electrons. The minimum absolute atomic E-state index is 0. The molecule has 1 aliphatic heterocycles. The molecule has 7 nitrogen and oxygen atoms in total. The van der Waals surface area contributed by atoms with Gasteiger partial charge in [-0.25, -0.2) is 4.98 Å². The largest absolute Gasteiger partial charge is 0.443 e. The molecule has 25 heavy (non-hydrogen) atoms. The quantitative estimate of drug-likeness (QED) is 0.381. The van der Waals surface area contributed by atoms with Crippen LogP contribution in [0.25, 0.3) is 0 Å². The van der Waals surface area contributed by atoms with E-state index in [4.69, 9.17) is 13.9 Å². The van der Waals surface area contributed by atoms with Crippen LogP contribution in [0.3, 0.4) is 0 Å². The molecule has 2 atom stereocenters. The molecule has 2 N–H and O–H groups in total. The topological polar surface area (TPSA) is 80.9 Å². The Morgan fingerprint density at radius 3 is 2.80 bits per heavy atom. The van der Waals surface area contributed by atoms with E-state index in [0.29, 0.717) is 31.6 Å². The number of ether oxygens (including phenoxy) is 2. The van der Waals surface area contributed by atoms with Crippen molar-refractivity contribution in [1.29, 1.82) is 0 Å². The first-order valence-corrected chi connectivity index (χ1v) is 8.50. The summed E-state index contributed by atoms with van der Waals surface area (Å²) in [6, 6.07) is 0.145. The van der Waals surface area contributed by atoms with E-state index in [0.717, 1.165) is 18.8 Å². The van der Waals surface area contributed by atoms with Crippen LogP contribution in [-0.4, -0.2) is 50.0 Å². The van der Waals surface area contributed by atoms with Crippen LogP contribution in [0.5, 0.6) is 0 Å². The average Bonchev–Trinajstić information content (AvgIpc) is 3.19. The molecule has 1 aromatic rings. The lowest BCUT2D eigenvalue weighted by Gasteiger charge is -2.19. The van der Waals surface area contributed by atoms with Crippen LogP contribution < -0.4 is 10.6 Å². The number of hydrogen-bond donors (Lipinski definition) is 2. The van der Waals surface area contributed by atoms with Crippen LogP contribution in [0.4, 0.5) is 0 Å². The number of nitrogens with one attached hydrogen (secondary N) is 2. The SMILES string of the molecule is CN=C(NCc1ncc(C(C)(C)C)o1)NC(C)COC1CCOC1.I. The molecule has 2 rings (SSSR count). The van der Waals surface area contributed by atoms with E-state index in [1.165, 1.54) is 0 Å². The van der Waals surface area contributed by atoms with Gasteiger partial charge >= 0.3 is 0 Å². The first-order chi connectivity index (χ1) is 11.4. The summed E-state index contributed by atoms with van der Waals surface area (Å²) < 4.78 is 16.9. The lowest BCUT2D eigenvalue weighted by molar-refractivity contribution is 0.0347. The van der Waals surface area contributed by atoms with Crippen molar-refractivity contribution in [3.63, 3.8) is 0 Å². The third-order valence-electron chi connectivity index (χ3n) is 3.78. The van der Waals surface area contributed by atoms with Crippen LogP contribution >= 0.6 is 24.0 Å². The van der Waals surface area contributed by atoms with E-state index in [9.17, 15) is 0 Å². The van der Waals surface area contributed by atoms with E-state index in [1.54, 1.807) is 13.2 Å². The summed E-state index contributed by atoms with van der Waals surface area (Å²) in [7, 11) is 1.74. The Morgan fingerprint density at radius 2 is 2.24 bits per heavy atom. The first-order valence-electron chi connectivity index (χ1n) is 8.50. The smallest absolute Gasteiger partial charge is 0.213 e. The monoisotopic (exact) mass is 466 g/mol.